The number of nitrogens with zero attached hydrogens (tertiary/aromatic N) is 3. The van der Waals surface area contributed by atoms with Crippen molar-refractivity contribution in [2.45, 2.75) is 39.4 Å². The van der Waals surface area contributed by atoms with Crippen LogP contribution in [-0.2, 0) is 13.1 Å². The van der Waals surface area contributed by atoms with Crippen LogP contribution in [0.2, 0.25) is 0 Å². The van der Waals surface area contributed by atoms with Crippen LogP contribution in [0.5, 0.6) is 0 Å². The summed E-state index contributed by atoms with van der Waals surface area (Å²) in [5, 5.41) is 3.47. The van der Waals surface area contributed by atoms with E-state index in [1.165, 1.54) is 11.3 Å². The summed E-state index contributed by atoms with van der Waals surface area (Å²) in [7, 11) is 0. The number of hydrogen-bond donors (Lipinski definition) is 1. The highest BCUT2D eigenvalue weighted by atomic mass is 15.1. The molecule has 0 aromatic carbocycles. The summed E-state index contributed by atoms with van der Waals surface area (Å²) >= 11 is 0. The van der Waals surface area contributed by atoms with E-state index >= 15 is 0 Å². The lowest BCUT2D eigenvalue weighted by atomic mass is 10.1. The molecule has 96 valence electrons. The van der Waals surface area contributed by atoms with Gasteiger partial charge in [-0.05, 0) is 32.4 Å². The predicted octanol–water partition coefficient (Wildman–Crippen LogP) is 2.21. The summed E-state index contributed by atoms with van der Waals surface area (Å²) in [6.07, 6.45) is 7.46. The van der Waals surface area contributed by atoms with Gasteiger partial charge in [0.25, 0.3) is 0 Å². The molecule has 0 unspecified atom stereocenters. The number of hydrogen-bond acceptors (Lipinski definition) is 3. The molecule has 0 spiro atoms. The zero-order chi connectivity index (χ0) is 13.0. The molecule has 0 aliphatic rings. The molecule has 0 aliphatic heterocycles. The first kappa shape index (κ1) is 12.8. The molecular formula is C14H20N4. The van der Waals surface area contributed by atoms with Crippen LogP contribution in [0.25, 0.3) is 0 Å². The Morgan fingerprint density at radius 1 is 1.22 bits per heavy atom. The van der Waals surface area contributed by atoms with Crippen LogP contribution in [0.1, 0.15) is 32.0 Å². The van der Waals surface area contributed by atoms with E-state index in [0.29, 0.717) is 0 Å². The summed E-state index contributed by atoms with van der Waals surface area (Å²) in [5.74, 6) is 0. The number of aromatic nitrogens is 3. The van der Waals surface area contributed by atoms with Gasteiger partial charge in [-0.2, -0.15) is 0 Å². The summed E-state index contributed by atoms with van der Waals surface area (Å²) in [6.45, 7) is 8.12. The highest BCUT2D eigenvalue weighted by Crippen LogP contribution is 2.07. The largest absolute Gasteiger partial charge is 0.329 e. The monoisotopic (exact) mass is 244 g/mol. The SMILES string of the molecule is CC(C)(C)NCc1cncn1Cc1cccnc1. The summed E-state index contributed by atoms with van der Waals surface area (Å²) in [4.78, 5) is 8.35. The van der Waals surface area contributed by atoms with Crippen molar-refractivity contribution < 1.29 is 0 Å². The Kier molecular flexibility index (Phi) is 3.77. The fourth-order valence-electron chi connectivity index (χ4n) is 1.68. The third kappa shape index (κ3) is 3.67. The van der Waals surface area contributed by atoms with E-state index in [9.17, 15) is 0 Å². The first-order valence-electron chi connectivity index (χ1n) is 6.17. The first-order valence-corrected chi connectivity index (χ1v) is 6.17. The van der Waals surface area contributed by atoms with E-state index in [1.807, 2.05) is 24.8 Å². The van der Waals surface area contributed by atoms with Crippen molar-refractivity contribution in [2.75, 3.05) is 0 Å². The molecule has 0 fully saturated rings. The molecule has 1 N–H and O–H groups in total. The highest BCUT2D eigenvalue weighted by Gasteiger charge is 2.10. The van der Waals surface area contributed by atoms with Gasteiger partial charge in [-0.1, -0.05) is 6.07 Å². The molecule has 0 amide bonds. The minimum atomic E-state index is 0.114. The standard InChI is InChI=1S/C14H20N4/c1-14(2,3)17-9-13-8-16-11-18(13)10-12-5-4-6-15-7-12/h4-8,11,17H,9-10H2,1-3H3. The van der Waals surface area contributed by atoms with Gasteiger partial charge in [0.15, 0.2) is 0 Å². The lowest BCUT2D eigenvalue weighted by Gasteiger charge is -2.21. The van der Waals surface area contributed by atoms with Gasteiger partial charge in [0.1, 0.15) is 0 Å². The van der Waals surface area contributed by atoms with Gasteiger partial charge >= 0.3 is 0 Å². The summed E-state index contributed by atoms with van der Waals surface area (Å²) < 4.78 is 2.15. The van der Waals surface area contributed by atoms with Gasteiger partial charge in [-0.25, -0.2) is 4.98 Å². The minimum Gasteiger partial charge on any atom is -0.329 e. The molecule has 2 rings (SSSR count). The van der Waals surface area contributed by atoms with E-state index in [1.54, 1.807) is 6.20 Å². The average molecular weight is 244 g/mol. The van der Waals surface area contributed by atoms with Crippen LogP contribution in [0, 0.1) is 0 Å². The normalized spacial score (nSPS) is 11.7. The zero-order valence-electron chi connectivity index (χ0n) is 11.2. The average Bonchev–Trinajstić information content (AvgIpc) is 2.74. The van der Waals surface area contributed by atoms with Crippen LogP contribution in [0.15, 0.2) is 37.1 Å². The summed E-state index contributed by atoms with van der Waals surface area (Å²) in [5.41, 5.74) is 2.49. The van der Waals surface area contributed by atoms with Gasteiger partial charge < -0.3 is 9.88 Å². The van der Waals surface area contributed by atoms with Crippen LogP contribution < -0.4 is 5.32 Å². The molecule has 18 heavy (non-hydrogen) atoms. The predicted molar refractivity (Wildman–Crippen MR) is 72.2 cm³/mol. The van der Waals surface area contributed by atoms with Gasteiger partial charge in [0.2, 0.25) is 0 Å². The van der Waals surface area contributed by atoms with E-state index in [2.05, 4.69) is 46.7 Å². The molecule has 0 aliphatic carbocycles. The number of nitrogens with one attached hydrogen (secondary N) is 1. The van der Waals surface area contributed by atoms with Crippen LogP contribution in [0.3, 0.4) is 0 Å². The number of rotatable bonds is 4. The molecule has 2 aromatic rings. The Morgan fingerprint density at radius 3 is 2.72 bits per heavy atom. The molecule has 0 saturated heterocycles. The van der Waals surface area contributed by atoms with Crippen molar-refractivity contribution in [3.05, 3.63) is 48.3 Å². The van der Waals surface area contributed by atoms with E-state index < -0.39 is 0 Å². The molecule has 2 aromatic heterocycles. The lowest BCUT2D eigenvalue weighted by Crippen LogP contribution is -2.35. The zero-order valence-corrected chi connectivity index (χ0v) is 11.2. The van der Waals surface area contributed by atoms with E-state index in [0.717, 1.165) is 13.1 Å². The van der Waals surface area contributed by atoms with Gasteiger partial charge in [-0.15, -0.1) is 0 Å². The van der Waals surface area contributed by atoms with Crippen molar-refractivity contribution in [1.82, 2.24) is 19.9 Å². The Bertz CT molecular complexity index is 482. The van der Waals surface area contributed by atoms with Gasteiger partial charge in [0, 0.05) is 30.7 Å². The van der Waals surface area contributed by atoms with Crippen molar-refractivity contribution in [3.63, 3.8) is 0 Å². The molecule has 0 bridgehead atoms. The molecular weight excluding hydrogens is 224 g/mol. The molecule has 0 atom stereocenters. The third-order valence-corrected chi connectivity index (χ3v) is 2.67. The Labute approximate surface area is 108 Å². The van der Waals surface area contributed by atoms with Gasteiger partial charge in [-0.3, -0.25) is 4.98 Å². The molecule has 0 radical (unpaired) electrons. The topological polar surface area (TPSA) is 42.7 Å². The third-order valence-electron chi connectivity index (χ3n) is 2.67. The second-order valence-electron chi connectivity index (χ2n) is 5.48. The second-order valence-corrected chi connectivity index (χ2v) is 5.48. The van der Waals surface area contributed by atoms with Crippen molar-refractivity contribution in [1.29, 1.82) is 0 Å². The molecule has 2 heterocycles. The minimum absolute atomic E-state index is 0.114. The first-order chi connectivity index (χ1) is 8.54. The van der Waals surface area contributed by atoms with Crippen molar-refractivity contribution >= 4 is 0 Å². The Balaban J connectivity index is 2.04. The maximum atomic E-state index is 4.22. The van der Waals surface area contributed by atoms with Crippen LogP contribution >= 0.6 is 0 Å². The Hall–Kier alpha value is -1.68. The smallest absolute Gasteiger partial charge is 0.0951 e. The van der Waals surface area contributed by atoms with E-state index in [-0.39, 0.29) is 5.54 Å². The fourth-order valence-corrected chi connectivity index (χ4v) is 1.68. The summed E-state index contributed by atoms with van der Waals surface area (Å²) in [6, 6.07) is 4.04. The van der Waals surface area contributed by atoms with Gasteiger partial charge in [0.05, 0.1) is 18.6 Å². The fraction of sp³-hybridized carbons (Fsp3) is 0.429. The Morgan fingerprint density at radius 2 is 2.06 bits per heavy atom. The maximum absolute atomic E-state index is 4.22. The second kappa shape index (κ2) is 5.31. The molecule has 4 heteroatoms. The number of pyridine rings is 1. The van der Waals surface area contributed by atoms with E-state index in [4.69, 9.17) is 0 Å². The number of imidazole rings is 1. The van der Waals surface area contributed by atoms with Crippen molar-refractivity contribution in [2.24, 2.45) is 0 Å². The lowest BCUT2D eigenvalue weighted by molar-refractivity contribution is 0.417. The highest BCUT2D eigenvalue weighted by molar-refractivity contribution is 5.11. The van der Waals surface area contributed by atoms with Crippen LogP contribution in [0.4, 0.5) is 0 Å². The van der Waals surface area contributed by atoms with Crippen LogP contribution in [-0.4, -0.2) is 20.1 Å². The van der Waals surface area contributed by atoms with Crippen molar-refractivity contribution in [3.8, 4) is 0 Å². The quantitative estimate of drug-likeness (QED) is 0.896. The maximum Gasteiger partial charge on any atom is 0.0951 e. The molecule has 0 saturated carbocycles. The molecule has 4 nitrogen and oxygen atoms in total.